The molecule has 0 aromatic heterocycles. The number of unbranched alkanes of at least 4 members (excludes halogenated alkanes) is 1. The van der Waals surface area contributed by atoms with Gasteiger partial charge in [-0.1, -0.05) is 6.08 Å². The molecular weight excluding hydrogens is 255 g/mol. The first-order valence-corrected chi connectivity index (χ1v) is 7.03. The Bertz CT molecular complexity index is 541. The van der Waals surface area contributed by atoms with E-state index >= 15 is 0 Å². The van der Waals surface area contributed by atoms with E-state index in [1.807, 2.05) is 0 Å². The number of nitrogens with one attached hydrogen (secondary N) is 1. The molecule has 0 amide bonds. The van der Waals surface area contributed by atoms with Crippen molar-refractivity contribution in [3.63, 3.8) is 0 Å². The summed E-state index contributed by atoms with van der Waals surface area (Å²) in [7, 11) is -3.64. The van der Waals surface area contributed by atoms with Crippen molar-refractivity contribution in [2.24, 2.45) is 0 Å². The fourth-order valence-corrected chi connectivity index (χ4v) is 2.82. The summed E-state index contributed by atoms with van der Waals surface area (Å²) in [4.78, 5) is 0.0139. The maximum Gasteiger partial charge on any atom is 0.240 e. The minimum Gasteiger partial charge on any atom is -0.396 e. The summed E-state index contributed by atoms with van der Waals surface area (Å²) >= 11 is 0. The third-order valence-electron chi connectivity index (χ3n) is 2.46. The van der Waals surface area contributed by atoms with E-state index in [2.05, 4.69) is 11.3 Å². The lowest BCUT2D eigenvalue weighted by Gasteiger charge is -2.10. The molecule has 6 heteroatoms. The fraction of sp³-hybridized carbons (Fsp3) is 0.333. The lowest BCUT2D eigenvalue weighted by atomic mass is 10.2. The van der Waals surface area contributed by atoms with Crippen LogP contribution in [0.5, 0.6) is 0 Å². The van der Waals surface area contributed by atoms with Gasteiger partial charge in [0.15, 0.2) is 0 Å². The monoisotopic (exact) mass is 272 g/mol. The second-order valence-corrected chi connectivity index (χ2v) is 5.70. The van der Waals surface area contributed by atoms with E-state index in [1.54, 1.807) is 6.08 Å². The summed E-state index contributed by atoms with van der Waals surface area (Å²) in [5, 5.41) is 0. The van der Waals surface area contributed by atoms with Crippen LogP contribution >= 0.6 is 0 Å². The van der Waals surface area contributed by atoms with Gasteiger partial charge in [-0.25, -0.2) is 17.5 Å². The van der Waals surface area contributed by atoms with Crippen LogP contribution in [0, 0.1) is 12.7 Å². The normalized spacial score (nSPS) is 11.4. The predicted octanol–water partition coefficient (Wildman–Crippen LogP) is 1.96. The molecule has 0 aliphatic heterocycles. The SMILES string of the molecule is C=CCCCNS(=O)(=O)c1cc(N)c(F)cc1C. The van der Waals surface area contributed by atoms with E-state index in [4.69, 9.17) is 5.73 Å². The van der Waals surface area contributed by atoms with Gasteiger partial charge in [-0.15, -0.1) is 6.58 Å². The number of halogens is 1. The summed E-state index contributed by atoms with van der Waals surface area (Å²) in [6.07, 6.45) is 3.11. The Morgan fingerprint density at radius 2 is 2.17 bits per heavy atom. The molecule has 0 atom stereocenters. The maximum atomic E-state index is 13.1. The highest BCUT2D eigenvalue weighted by atomic mass is 32.2. The first-order chi connectivity index (χ1) is 8.38. The smallest absolute Gasteiger partial charge is 0.240 e. The summed E-state index contributed by atoms with van der Waals surface area (Å²) in [6.45, 7) is 5.39. The van der Waals surface area contributed by atoms with Gasteiger partial charge in [-0.2, -0.15) is 0 Å². The highest BCUT2D eigenvalue weighted by molar-refractivity contribution is 7.89. The molecule has 0 aliphatic carbocycles. The van der Waals surface area contributed by atoms with Crippen LogP contribution < -0.4 is 10.5 Å². The number of sulfonamides is 1. The average Bonchev–Trinajstić information content (AvgIpc) is 2.29. The van der Waals surface area contributed by atoms with Crippen molar-refractivity contribution < 1.29 is 12.8 Å². The highest BCUT2D eigenvalue weighted by Gasteiger charge is 2.18. The Kier molecular flexibility index (Phi) is 4.86. The number of allylic oxidation sites excluding steroid dienone is 1. The lowest BCUT2D eigenvalue weighted by molar-refractivity contribution is 0.578. The largest absolute Gasteiger partial charge is 0.396 e. The minimum atomic E-state index is -3.64. The van der Waals surface area contributed by atoms with Crippen molar-refractivity contribution in [2.45, 2.75) is 24.7 Å². The third-order valence-corrected chi connectivity index (χ3v) is 4.06. The molecule has 0 saturated carbocycles. The minimum absolute atomic E-state index is 0.0139. The summed E-state index contributed by atoms with van der Waals surface area (Å²) < 4.78 is 39.5. The number of hydrogen-bond donors (Lipinski definition) is 2. The van der Waals surface area contributed by atoms with E-state index in [-0.39, 0.29) is 10.6 Å². The van der Waals surface area contributed by atoms with E-state index < -0.39 is 15.8 Å². The van der Waals surface area contributed by atoms with Crippen molar-refractivity contribution in [3.8, 4) is 0 Å². The van der Waals surface area contributed by atoms with Crippen molar-refractivity contribution >= 4 is 15.7 Å². The second-order valence-electron chi connectivity index (χ2n) is 3.97. The zero-order valence-electron chi connectivity index (χ0n) is 10.2. The van der Waals surface area contributed by atoms with E-state index in [1.165, 1.54) is 6.92 Å². The average molecular weight is 272 g/mol. The molecule has 0 saturated heterocycles. The van der Waals surface area contributed by atoms with Gasteiger partial charge < -0.3 is 5.73 Å². The molecule has 3 N–H and O–H groups in total. The summed E-state index contributed by atoms with van der Waals surface area (Å²) in [5.41, 5.74) is 5.54. The van der Waals surface area contributed by atoms with Crippen LogP contribution in [0.25, 0.3) is 0 Å². The van der Waals surface area contributed by atoms with Crippen LogP contribution in [0.3, 0.4) is 0 Å². The molecule has 0 fully saturated rings. The highest BCUT2D eigenvalue weighted by Crippen LogP contribution is 2.21. The predicted molar refractivity (Wildman–Crippen MR) is 70.2 cm³/mol. The number of aryl methyl sites for hydroxylation is 1. The zero-order chi connectivity index (χ0) is 13.8. The van der Waals surface area contributed by atoms with E-state index in [9.17, 15) is 12.8 Å². The lowest BCUT2D eigenvalue weighted by Crippen LogP contribution is -2.25. The molecule has 0 bridgehead atoms. The van der Waals surface area contributed by atoms with Crippen LogP contribution in [0.2, 0.25) is 0 Å². The van der Waals surface area contributed by atoms with Gasteiger partial charge in [0.2, 0.25) is 10.0 Å². The van der Waals surface area contributed by atoms with Gasteiger partial charge in [0.05, 0.1) is 10.6 Å². The molecule has 1 rings (SSSR count). The van der Waals surface area contributed by atoms with Crippen molar-refractivity contribution in [2.75, 3.05) is 12.3 Å². The molecule has 0 radical (unpaired) electrons. The first kappa shape index (κ1) is 14.7. The number of rotatable bonds is 6. The van der Waals surface area contributed by atoms with Gasteiger partial charge in [0, 0.05) is 6.54 Å². The number of anilines is 1. The second kappa shape index (κ2) is 5.97. The Hall–Kier alpha value is -1.40. The summed E-state index contributed by atoms with van der Waals surface area (Å²) in [6, 6.07) is 2.26. The van der Waals surface area contributed by atoms with E-state index in [0.717, 1.165) is 18.6 Å². The number of nitrogen functional groups attached to an aromatic ring is 1. The standard InChI is InChI=1S/C12H17FN2O2S/c1-3-4-5-6-15-18(16,17)12-8-11(14)10(13)7-9(12)2/h3,7-8,15H,1,4-6,14H2,2H3. The van der Waals surface area contributed by atoms with Crippen LogP contribution in [-0.2, 0) is 10.0 Å². The molecule has 100 valence electrons. The van der Waals surface area contributed by atoms with Gasteiger partial charge in [-0.05, 0) is 37.5 Å². The first-order valence-electron chi connectivity index (χ1n) is 5.54. The Labute approximate surface area is 107 Å². The maximum absolute atomic E-state index is 13.1. The quantitative estimate of drug-likeness (QED) is 0.472. The molecule has 1 aromatic carbocycles. The Morgan fingerprint density at radius 1 is 1.50 bits per heavy atom. The van der Waals surface area contributed by atoms with Crippen molar-refractivity contribution in [3.05, 3.63) is 36.2 Å². The molecule has 18 heavy (non-hydrogen) atoms. The molecule has 0 aliphatic rings. The van der Waals surface area contributed by atoms with E-state index in [0.29, 0.717) is 18.5 Å². The Balaban J connectivity index is 2.91. The van der Waals surface area contributed by atoms with Crippen LogP contribution in [0.15, 0.2) is 29.7 Å². The Morgan fingerprint density at radius 3 is 2.78 bits per heavy atom. The molecule has 0 unspecified atom stereocenters. The van der Waals surface area contributed by atoms with Crippen molar-refractivity contribution in [1.29, 1.82) is 0 Å². The summed E-state index contributed by atoms with van der Waals surface area (Å²) in [5.74, 6) is -0.613. The van der Waals surface area contributed by atoms with Gasteiger partial charge in [0.25, 0.3) is 0 Å². The molecule has 0 heterocycles. The topological polar surface area (TPSA) is 72.2 Å². The molecule has 1 aromatic rings. The third kappa shape index (κ3) is 3.54. The van der Waals surface area contributed by atoms with Gasteiger partial charge in [-0.3, -0.25) is 0 Å². The van der Waals surface area contributed by atoms with Crippen LogP contribution in [0.4, 0.5) is 10.1 Å². The van der Waals surface area contributed by atoms with Gasteiger partial charge >= 0.3 is 0 Å². The number of benzene rings is 1. The molecule has 4 nitrogen and oxygen atoms in total. The molecule has 0 spiro atoms. The van der Waals surface area contributed by atoms with Crippen LogP contribution in [0.1, 0.15) is 18.4 Å². The number of nitrogens with two attached hydrogens (primary N) is 1. The molecular formula is C12H17FN2O2S. The fourth-order valence-electron chi connectivity index (χ4n) is 1.49. The number of hydrogen-bond acceptors (Lipinski definition) is 3. The van der Waals surface area contributed by atoms with Crippen molar-refractivity contribution in [1.82, 2.24) is 4.72 Å². The van der Waals surface area contributed by atoms with Crippen LogP contribution in [-0.4, -0.2) is 15.0 Å². The van der Waals surface area contributed by atoms with Gasteiger partial charge in [0.1, 0.15) is 5.82 Å². The zero-order valence-corrected chi connectivity index (χ0v) is 11.1.